The highest BCUT2D eigenvalue weighted by atomic mass is 16.3. The Morgan fingerprint density at radius 1 is 1.12 bits per heavy atom. The molecule has 1 aromatic heterocycles. The average Bonchev–Trinajstić information content (AvgIpc) is 3.20. The predicted octanol–water partition coefficient (Wildman–Crippen LogP) is 4.06. The van der Waals surface area contributed by atoms with Crippen LogP contribution in [-0.2, 0) is 6.54 Å². The second-order valence-corrected chi connectivity index (χ2v) is 7.20. The molecule has 0 atom stereocenters. The van der Waals surface area contributed by atoms with Crippen molar-refractivity contribution in [2.24, 2.45) is 5.73 Å². The number of aromatic hydroxyl groups is 2. The highest BCUT2D eigenvalue weighted by Crippen LogP contribution is 2.22. The van der Waals surface area contributed by atoms with Gasteiger partial charge < -0.3 is 25.9 Å². The van der Waals surface area contributed by atoms with E-state index in [0.29, 0.717) is 5.75 Å². The number of benzene rings is 3. The third-order valence-electron chi connectivity index (χ3n) is 5.02. The fourth-order valence-electron chi connectivity index (χ4n) is 3.30. The van der Waals surface area contributed by atoms with E-state index in [1.165, 1.54) is 24.4 Å². The number of nitrogens with zero attached hydrogens (tertiary/aromatic N) is 2. The zero-order chi connectivity index (χ0) is 23.3. The number of carbonyl (C=O) groups is 1. The van der Waals surface area contributed by atoms with Gasteiger partial charge >= 0.3 is 0 Å². The van der Waals surface area contributed by atoms with Gasteiger partial charge in [-0.1, -0.05) is 24.3 Å². The number of phenols is 2. The molecule has 5 N–H and O–H groups in total. The lowest BCUT2D eigenvalue weighted by molar-refractivity contribution is 0.1000. The quantitative estimate of drug-likeness (QED) is 0.366. The van der Waals surface area contributed by atoms with Crippen LogP contribution in [0.4, 0.5) is 0 Å². The summed E-state index contributed by atoms with van der Waals surface area (Å²) >= 11 is 0. The normalized spacial score (nSPS) is 10.1. The van der Waals surface area contributed by atoms with Crippen LogP contribution in [0.5, 0.6) is 11.5 Å². The maximum Gasteiger partial charge on any atom is 0.248 e. The van der Waals surface area contributed by atoms with Gasteiger partial charge in [0.15, 0.2) is 0 Å². The summed E-state index contributed by atoms with van der Waals surface area (Å²) in [6.45, 7) is 2.66. The lowest BCUT2D eigenvalue weighted by Crippen LogP contribution is -2.10. The molecule has 4 aromatic rings. The number of nitrogens with two attached hydrogens (primary N) is 1. The molecule has 160 valence electrons. The molecule has 0 aliphatic carbocycles. The standard InChI is InChI=1S/C17H16N2O.C8H6N2O2/c1-12-9-13(5-6-17(12)20)11-19-8-7-15-14(10-18)3-2-4-16(15)19;9-4-6-3-5(8(10)12)1-2-7(6)11/h2-10,18,20H,11H2,1H3;1-3,11H,(H2,10,12). The molecule has 7 heteroatoms. The minimum absolute atomic E-state index is 0.0475. The van der Waals surface area contributed by atoms with Gasteiger partial charge in [0.2, 0.25) is 5.91 Å². The van der Waals surface area contributed by atoms with Gasteiger partial charge in [-0.2, -0.15) is 5.26 Å². The predicted molar refractivity (Wildman–Crippen MR) is 123 cm³/mol. The topological polar surface area (TPSA) is 136 Å². The number of rotatable bonds is 4. The van der Waals surface area contributed by atoms with E-state index < -0.39 is 5.91 Å². The number of primary amides is 1. The van der Waals surface area contributed by atoms with Crippen molar-refractivity contribution in [3.63, 3.8) is 0 Å². The highest BCUT2D eigenvalue weighted by molar-refractivity contribution is 5.98. The van der Waals surface area contributed by atoms with Crippen molar-refractivity contribution in [1.29, 1.82) is 10.7 Å². The molecule has 0 saturated heterocycles. The van der Waals surface area contributed by atoms with Crippen molar-refractivity contribution in [3.8, 4) is 17.6 Å². The minimum Gasteiger partial charge on any atom is -0.508 e. The zero-order valence-electron chi connectivity index (χ0n) is 17.4. The molecule has 0 bridgehead atoms. The van der Waals surface area contributed by atoms with E-state index >= 15 is 0 Å². The third-order valence-corrected chi connectivity index (χ3v) is 5.02. The SMILES string of the molecule is Cc1cc(Cn2ccc3c(C=N)cccc32)ccc1O.N#Cc1cc(C(N)=O)ccc1O. The summed E-state index contributed by atoms with van der Waals surface area (Å²) in [5.41, 5.74) is 9.31. The van der Waals surface area contributed by atoms with Gasteiger partial charge in [-0.3, -0.25) is 4.79 Å². The van der Waals surface area contributed by atoms with E-state index in [1.54, 1.807) is 12.1 Å². The van der Waals surface area contributed by atoms with Crippen molar-refractivity contribution in [2.45, 2.75) is 13.5 Å². The lowest BCUT2D eigenvalue weighted by atomic mass is 10.1. The molecule has 0 radical (unpaired) electrons. The Hall–Kier alpha value is -4.57. The summed E-state index contributed by atoms with van der Waals surface area (Å²) < 4.78 is 2.16. The first kappa shape index (κ1) is 22.1. The first-order valence-corrected chi connectivity index (χ1v) is 9.73. The molecule has 32 heavy (non-hydrogen) atoms. The zero-order valence-corrected chi connectivity index (χ0v) is 17.4. The molecule has 0 unspecified atom stereocenters. The van der Waals surface area contributed by atoms with Crippen LogP contribution in [0.2, 0.25) is 0 Å². The number of hydrogen-bond acceptors (Lipinski definition) is 5. The van der Waals surface area contributed by atoms with Crippen LogP contribution in [0.25, 0.3) is 10.9 Å². The number of nitrogens with one attached hydrogen (secondary N) is 1. The first-order chi connectivity index (χ1) is 15.3. The lowest BCUT2D eigenvalue weighted by Gasteiger charge is -2.08. The number of phenolic OH excluding ortho intramolecular Hbond substituents is 2. The summed E-state index contributed by atoms with van der Waals surface area (Å²) in [5.74, 6) is -0.439. The van der Waals surface area contributed by atoms with Gasteiger partial charge in [-0.25, -0.2) is 0 Å². The molecular weight excluding hydrogens is 404 g/mol. The summed E-state index contributed by atoms with van der Waals surface area (Å²) in [6.07, 6.45) is 3.43. The number of aromatic nitrogens is 1. The summed E-state index contributed by atoms with van der Waals surface area (Å²) in [6, 6.07) is 19.3. The maximum atomic E-state index is 10.6. The Kier molecular flexibility index (Phi) is 6.56. The number of hydrogen-bond donors (Lipinski definition) is 4. The largest absolute Gasteiger partial charge is 0.508 e. The van der Waals surface area contributed by atoms with Crippen LogP contribution >= 0.6 is 0 Å². The van der Waals surface area contributed by atoms with Crippen LogP contribution in [0.3, 0.4) is 0 Å². The minimum atomic E-state index is -0.619. The fourth-order valence-corrected chi connectivity index (χ4v) is 3.30. The van der Waals surface area contributed by atoms with Crippen LogP contribution in [0.15, 0.2) is 66.9 Å². The van der Waals surface area contributed by atoms with Gasteiger partial charge in [0.05, 0.1) is 5.56 Å². The smallest absolute Gasteiger partial charge is 0.248 e. The van der Waals surface area contributed by atoms with Crippen LogP contribution in [0.1, 0.15) is 32.6 Å². The van der Waals surface area contributed by atoms with E-state index in [9.17, 15) is 9.90 Å². The Balaban J connectivity index is 0.000000207. The van der Waals surface area contributed by atoms with Crippen LogP contribution in [0, 0.1) is 23.7 Å². The van der Waals surface area contributed by atoms with E-state index in [4.69, 9.17) is 21.5 Å². The maximum absolute atomic E-state index is 10.6. The molecule has 7 nitrogen and oxygen atoms in total. The van der Waals surface area contributed by atoms with Gasteiger partial charge in [0.25, 0.3) is 0 Å². The van der Waals surface area contributed by atoms with Gasteiger partial charge in [0.1, 0.15) is 17.6 Å². The number of carbonyl (C=O) groups excluding carboxylic acids is 1. The molecule has 0 aliphatic rings. The molecule has 4 rings (SSSR count). The van der Waals surface area contributed by atoms with E-state index in [-0.39, 0.29) is 16.9 Å². The molecule has 0 fully saturated rings. The van der Waals surface area contributed by atoms with Gasteiger partial charge in [-0.15, -0.1) is 0 Å². The molecule has 1 heterocycles. The number of fused-ring (bicyclic) bond motifs is 1. The van der Waals surface area contributed by atoms with E-state index in [2.05, 4.69) is 10.6 Å². The van der Waals surface area contributed by atoms with Crippen LogP contribution in [-0.4, -0.2) is 26.9 Å². The van der Waals surface area contributed by atoms with E-state index in [0.717, 1.165) is 34.1 Å². The molecular formula is C25H22N4O3. The Labute approximate surface area is 185 Å². The average molecular weight is 426 g/mol. The summed E-state index contributed by atoms with van der Waals surface area (Å²) in [7, 11) is 0. The molecule has 0 saturated carbocycles. The van der Waals surface area contributed by atoms with Gasteiger partial charge in [-0.05, 0) is 54.4 Å². The Morgan fingerprint density at radius 2 is 1.88 bits per heavy atom. The van der Waals surface area contributed by atoms with Crippen molar-refractivity contribution < 1.29 is 15.0 Å². The van der Waals surface area contributed by atoms with Crippen molar-refractivity contribution in [3.05, 3.63) is 94.7 Å². The Bertz CT molecular complexity index is 1350. The summed E-state index contributed by atoms with van der Waals surface area (Å²) in [5, 5.41) is 35.6. The number of aryl methyl sites for hydroxylation is 1. The monoisotopic (exact) mass is 426 g/mol. The van der Waals surface area contributed by atoms with E-state index in [1.807, 2.05) is 43.5 Å². The second-order valence-electron chi connectivity index (χ2n) is 7.20. The van der Waals surface area contributed by atoms with Crippen molar-refractivity contribution in [2.75, 3.05) is 0 Å². The van der Waals surface area contributed by atoms with Crippen molar-refractivity contribution in [1.82, 2.24) is 4.57 Å². The third kappa shape index (κ3) is 4.77. The first-order valence-electron chi connectivity index (χ1n) is 9.73. The van der Waals surface area contributed by atoms with Crippen molar-refractivity contribution >= 4 is 23.0 Å². The second kappa shape index (κ2) is 9.49. The molecule has 0 aliphatic heterocycles. The molecule has 1 amide bonds. The van der Waals surface area contributed by atoms with Gasteiger partial charge in [0, 0.05) is 41.0 Å². The molecule has 3 aromatic carbocycles. The highest BCUT2D eigenvalue weighted by Gasteiger charge is 2.06. The van der Waals surface area contributed by atoms with Crippen LogP contribution < -0.4 is 5.73 Å². The number of amides is 1. The summed E-state index contributed by atoms with van der Waals surface area (Å²) in [4.78, 5) is 10.6. The fraction of sp³-hybridized carbons (Fsp3) is 0.0800. The number of nitriles is 1. The Morgan fingerprint density at radius 3 is 2.53 bits per heavy atom. The molecule has 0 spiro atoms.